The Bertz CT molecular complexity index is 1190. The summed E-state index contributed by atoms with van der Waals surface area (Å²) in [5, 5.41) is 4.28. The van der Waals surface area contributed by atoms with E-state index in [2.05, 4.69) is 5.32 Å². The number of thiophene rings is 1. The van der Waals surface area contributed by atoms with E-state index in [4.69, 9.17) is 9.72 Å². The topological polar surface area (TPSA) is 73.2 Å². The van der Waals surface area contributed by atoms with Crippen molar-refractivity contribution in [2.75, 3.05) is 18.9 Å². The van der Waals surface area contributed by atoms with Crippen LogP contribution in [0, 0.1) is 6.92 Å². The van der Waals surface area contributed by atoms with E-state index in [9.17, 15) is 9.59 Å². The van der Waals surface area contributed by atoms with Crippen LogP contribution in [0.15, 0.2) is 34.2 Å². The van der Waals surface area contributed by atoms with Gasteiger partial charge in [-0.05, 0) is 63.1 Å². The number of rotatable bonds is 6. The zero-order valence-corrected chi connectivity index (χ0v) is 19.8. The number of aryl methyl sites for hydroxylation is 3. The number of nitrogens with zero attached hydrogens (tertiary/aromatic N) is 2. The lowest BCUT2D eigenvalue weighted by molar-refractivity contribution is -0.119. The third-order valence-corrected chi connectivity index (χ3v) is 8.26. The fraction of sp³-hybridized carbons (Fsp3) is 0.458. The number of carbonyl (C=O) groups is 1. The molecular weight excluding hydrogens is 442 g/mol. The summed E-state index contributed by atoms with van der Waals surface area (Å²) in [6.45, 7) is 3.33. The van der Waals surface area contributed by atoms with Crippen LogP contribution in [0.2, 0.25) is 0 Å². The molecular formula is C24H27N3O3S2. The molecule has 0 saturated carbocycles. The van der Waals surface area contributed by atoms with E-state index in [1.165, 1.54) is 28.6 Å². The second kappa shape index (κ2) is 9.37. The summed E-state index contributed by atoms with van der Waals surface area (Å²) < 4.78 is 7.26. The molecule has 2 aliphatic rings. The van der Waals surface area contributed by atoms with Crippen LogP contribution in [0.25, 0.3) is 15.9 Å². The van der Waals surface area contributed by atoms with Gasteiger partial charge in [-0.2, -0.15) is 0 Å². The molecule has 5 rings (SSSR count). The smallest absolute Gasteiger partial charge is 0.267 e. The number of amides is 1. The van der Waals surface area contributed by atoms with Gasteiger partial charge >= 0.3 is 0 Å². The summed E-state index contributed by atoms with van der Waals surface area (Å²) in [6, 6.07) is 7.89. The molecule has 0 radical (unpaired) electrons. The van der Waals surface area contributed by atoms with Gasteiger partial charge in [-0.25, -0.2) is 4.98 Å². The van der Waals surface area contributed by atoms with E-state index in [0.717, 1.165) is 60.2 Å². The molecule has 168 valence electrons. The first-order chi connectivity index (χ1) is 15.6. The maximum absolute atomic E-state index is 13.7. The van der Waals surface area contributed by atoms with E-state index in [1.807, 2.05) is 31.2 Å². The standard InChI is InChI=1S/C24H27N3O3S2/c1-15-8-10-16(11-9-15)27-23(29)21-18-6-2-3-7-19(18)32-22(21)26-24(27)31-14-20(28)25-13-17-5-4-12-30-17/h8-11,17H,2-7,12-14H2,1H3,(H,25,28). The number of nitrogens with one attached hydrogen (secondary N) is 1. The van der Waals surface area contributed by atoms with Crippen molar-refractivity contribution >= 4 is 39.2 Å². The number of hydrogen-bond acceptors (Lipinski definition) is 6. The fourth-order valence-corrected chi connectivity index (χ4v) is 6.56. The average molecular weight is 470 g/mol. The molecule has 8 heteroatoms. The molecule has 32 heavy (non-hydrogen) atoms. The maximum Gasteiger partial charge on any atom is 0.267 e. The summed E-state index contributed by atoms with van der Waals surface area (Å²) in [5.41, 5.74) is 3.07. The predicted octanol–water partition coefficient (Wildman–Crippen LogP) is 4.02. The van der Waals surface area contributed by atoms with Crippen molar-refractivity contribution in [2.45, 2.75) is 56.7 Å². The van der Waals surface area contributed by atoms with Crippen LogP contribution in [0.5, 0.6) is 0 Å². The van der Waals surface area contributed by atoms with Gasteiger partial charge in [-0.15, -0.1) is 11.3 Å². The summed E-state index contributed by atoms with van der Waals surface area (Å²) in [4.78, 5) is 33.2. The normalized spacial score (nSPS) is 18.1. The van der Waals surface area contributed by atoms with Gasteiger partial charge in [0.1, 0.15) is 4.83 Å². The van der Waals surface area contributed by atoms with Crippen molar-refractivity contribution in [1.29, 1.82) is 0 Å². The molecule has 1 aromatic carbocycles. The molecule has 1 unspecified atom stereocenters. The highest BCUT2D eigenvalue weighted by atomic mass is 32.2. The highest BCUT2D eigenvalue weighted by molar-refractivity contribution is 7.99. The van der Waals surface area contributed by atoms with Gasteiger partial charge in [0, 0.05) is 18.0 Å². The molecule has 1 N–H and O–H groups in total. The SMILES string of the molecule is Cc1ccc(-n2c(SCC(=O)NCC3CCCO3)nc3sc4c(c3c2=O)CCCC4)cc1. The molecule has 1 saturated heterocycles. The number of hydrogen-bond donors (Lipinski definition) is 1. The Kier molecular flexibility index (Phi) is 6.35. The van der Waals surface area contributed by atoms with Gasteiger partial charge in [0.2, 0.25) is 5.91 Å². The molecule has 3 aromatic rings. The summed E-state index contributed by atoms with van der Waals surface area (Å²) in [5.74, 6) is 0.141. The highest BCUT2D eigenvalue weighted by Gasteiger charge is 2.23. The number of aromatic nitrogens is 2. The summed E-state index contributed by atoms with van der Waals surface area (Å²) >= 11 is 2.96. The van der Waals surface area contributed by atoms with Crippen LogP contribution in [0.1, 0.15) is 41.7 Å². The number of carbonyl (C=O) groups excluding carboxylic acids is 1. The van der Waals surface area contributed by atoms with Crippen molar-refractivity contribution < 1.29 is 9.53 Å². The molecule has 1 aliphatic carbocycles. The first kappa shape index (κ1) is 21.7. The Morgan fingerprint density at radius 3 is 2.84 bits per heavy atom. The lowest BCUT2D eigenvalue weighted by atomic mass is 9.97. The molecule has 0 spiro atoms. The fourth-order valence-electron chi connectivity index (χ4n) is 4.42. The molecule has 6 nitrogen and oxygen atoms in total. The third-order valence-electron chi connectivity index (χ3n) is 6.13. The number of benzene rings is 1. The quantitative estimate of drug-likeness (QED) is 0.436. The summed E-state index contributed by atoms with van der Waals surface area (Å²) in [6.07, 6.45) is 6.39. The zero-order chi connectivity index (χ0) is 22.1. The number of fused-ring (bicyclic) bond motifs is 3. The molecule has 0 bridgehead atoms. The Labute approximate surface area is 195 Å². The van der Waals surface area contributed by atoms with Gasteiger partial charge in [0.05, 0.1) is 22.9 Å². The predicted molar refractivity (Wildman–Crippen MR) is 129 cm³/mol. The minimum Gasteiger partial charge on any atom is -0.376 e. The molecule has 1 fully saturated rings. The minimum absolute atomic E-state index is 0.0273. The van der Waals surface area contributed by atoms with Crippen molar-refractivity contribution in [3.05, 3.63) is 50.6 Å². The molecule has 1 atom stereocenters. The Morgan fingerprint density at radius 2 is 2.06 bits per heavy atom. The van der Waals surface area contributed by atoms with Crippen LogP contribution in [-0.2, 0) is 22.4 Å². The third kappa shape index (κ3) is 4.36. The Hall–Kier alpha value is -2.16. The molecule has 2 aromatic heterocycles. The molecule has 1 aliphatic heterocycles. The van der Waals surface area contributed by atoms with Gasteiger partial charge in [0.25, 0.3) is 5.56 Å². The van der Waals surface area contributed by atoms with Crippen LogP contribution >= 0.6 is 23.1 Å². The van der Waals surface area contributed by atoms with Crippen LogP contribution < -0.4 is 10.9 Å². The number of thioether (sulfide) groups is 1. The van der Waals surface area contributed by atoms with Crippen molar-refractivity contribution in [1.82, 2.24) is 14.9 Å². The van der Waals surface area contributed by atoms with Crippen molar-refractivity contribution in [3.8, 4) is 5.69 Å². The highest BCUT2D eigenvalue weighted by Crippen LogP contribution is 2.35. The van der Waals surface area contributed by atoms with Gasteiger partial charge in [0.15, 0.2) is 5.16 Å². The molecule has 1 amide bonds. The first-order valence-electron chi connectivity index (χ1n) is 11.3. The Morgan fingerprint density at radius 1 is 1.25 bits per heavy atom. The van der Waals surface area contributed by atoms with E-state index in [0.29, 0.717) is 11.7 Å². The maximum atomic E-state index is 13.7. The van der Waals surface area contributed by atoms with Gasteiger partial charge in [-0.3, -0.25) is 14.2 Å². The lowest BCUT2D eigenvalue weighted by Crippen LogP contribution is -2.33. The van der Waals surface area contributed by atoms with Crippen molar-refractivity contribution in [2.24, 2.45) is 0 Å². The first-order valence-corrected chi connectivity index (χ1v) is 13.1. The average Bonchev–Trinajstić information content (AvgIpc) is 3.45. The van der Waals surface area contributed by atoms with Crippen LogP contribution in [0.3, 0.4) is 0 Å². The lowest BCUT2D eigenvalue weighted by Gasteiger charge is -2.14. The van der Waals surface area contributed by atoms with Crippen LogP contribution in [0.4, 0.5) is 0 Å². The number of ether oxygens (including phenoxy) is 1. The van der Waals surface area contributed by atoms with E-state index >= 15 is 0 Å². The largest absolute Gasteiger partial charge is 0.376 e. The van der Waals surface area contributed by atoms with E-state index in [-0.39, 0.29) is 23.3 Å². The van der Waals surface area contributed by atoms with Gasteiger partial charge in [-0.1, -0.05) is 29.5 Å². The zero-order valence-electron chi connectivity index (χ0n) is 18.2. The second-order valence-corrected chi connectivity index (χ2v) is 10.5. The Balaban J connectivity index is 1.47. The second-order valence-electron chi connectivity index (χ2n) is 8.49. The molecule has 3 heterocycles. The van der Waals surface area contributed by atoms with Crippen molar-refractivity contribution in [3.63, 3.8) is 0 Å². The summed E-state index contributed by atoms with van der Waals surface area (Å²) in [7, 11) is 0. The van der Waals surface area contributed by atoms with E-state index in [1.54, 1.807) is 15.9 Å². The van der Waals surface area contributed by atoms with Crippen LogP contribution in [-0.4, -0.2) is 40.5 Å². The minimum atomic E-state index is -0.0687. The monoisotopic (exact) mass is 469 g/mol. The van der Waals surface area contributed by atoms with Gasteiger partial charge < -0.3 is 10.1 Å². The van der Waals surface area contributed by atoms with E-state index < -0.39 is 0 Å².